The van der Waals surface area contributed by atoms with Gasteiger partial charge >= 0.3 is 35.4 Å². The van der Waals surface area contributed by atoms with Crippen molar-refractivity contribution < 1.29 is 116 Å². The number of ketones is 1. The maximum absolute atomic E-state index is 14.3. The quantitative estimate of drug-likeness (QED) is 0.0231. The van der Waals surface area contributed by atoms with Crippen molar-refractivity contribution in [3.63, 3.8) is 0 Å². The number of urea groups is 3. The second-order valence-corrected chi connectivity index (χ2v) is 65.5. The average molecular weight is 2070 g/mol. The minimum atomic E-state index is -1.54. The molecule has 6 saturated heterocycles. The van der Waals surface area contributed by atoms with Crippen LogP contribution in [0, 0.1) is 0 Å². The normalized spacial score (nSPS) is 30.5. The number of esters is 1. The average Bonchev–Trinajstić information content (AvgIpc) is 1.64. The van der Waals surface area contributed by atoms with Crippen molar-refractivity contribution in [1.82, 2.24) is 60.8 Å². The van der Waals surface area contributed by atoms with Crippen LogP contribution in [-0.2, 0) is 64.0 Å². The number of H-pyrrole nitrogens is 1. The number of ether oxygens (including phenoxy) is 10. The molecule has 7 amide bonds. The van der Waals surface area contributed by atoms with Crippen LogP contribution in [0.5, 0.6) is 0 Å². The zero-order valence-corrected chi connectivity index (χ0v) is 87.4. The highest BCUT2D eigenvalue weighted by atomic mass is 35.5. The van der Waals surface area contributed by atoms with E-state index in [1.54, 1.807) is 31.5 Å². The molecule has 10 aliphatic heterocycles. The molecule has 12 heterocycles. The summed E-state index contributed by atoms with van der Waals surface area (Å²) in [6, 6.07) is 0.203. The molecule has 39 nitrogen and oxygen atoms in total. The van der Waals surface area contributed by atoms with Crippen molar-refractivity contribution in [3.05, 3.63) is 163 Å². The van der Waals surface area contributed by atoms with Crippen LogP contribution in [0.25, 0.3) is 0 Å². The third-order valence-electron chi connectivity index (χ3n) is 23.4. The molecule has 0 radical (unpaired) electrons. The Balaban J connectivity index is 0.000000224. The summed E-state index contributed by atoms with van der Waals surface area (Å²) in [5.74, 6) is -1.33. The SMILES string of the molecule is C=C1NC(=O)C=CN1[C@@H]1O[C@H](CCP(=C)(C)C)[C@@H](O)[C@H]1OC.C=C1NC(=O)NC=C1[C@@H]1O[C@H](CCP(=C)(C)C)[C@@H](O)[C@H]1Cl.C=C1NC(=O)NC=C1[C@@H]1O[C@H](CCP(=C)(C)C)[C@@H](O)[C@H]1F.C=C1NC(=O)NC=C1[C@@H]1O[C@H](CCP(=C)(C)C)[C@@H](O)[C@H]1OC.C=P(C)(C)CC[C@H]1O[C@@H](n2cc(C(=O)COC(C)=O)c(=O)[nH]c2=O)[C@H](O)[C@@H]1O.C=P(C)(C)CC[C@H]1O[C@@H](n2ccc(=O)n(C)c2=O)[C@H](OC)[C@@H]1O. The van der Waals surface area contributed by atoms with E-state index < -0.39 is 216 Å². The predicted octanol–water partition coefficient (Wildman–Crippen LogP) is 3.26. The lowest BCUT2D eigenvalue weighted by atomic mass is 9.99. The molecule has 2 aromatic heterocycles. The van der Waals surface area contributed by atoms with Gasteiger partial charge in [-0.1, -0.05) is 26.3 Å². The van der Waals surface area contributed by atoms with Gasteiger partial charge in [0.1, 0.15) is 84.6 Å². The summed E-state index contributed by atoms with van der Waals surface area (Å²) in [6.45, 7) is 33.6. The van der Waals surface area contributed by atoms with E-state index in [9.17, 15) is 88.1 Å². The number of alkyl halides is 2. The fourth-order valence-electron chi connectivity index (χ4n) is 15.7. The highest BCUT2D eigenvalue weighted by Crippen LogP contribution is 2.47. The van der Waals surface area contributed by atoms with Crippen LogP contribution in [0.1, 0.15) is 68.3 Å². The Morgan fingerprint density at radius 1 is 0.474 bits per heavy atom. The molecule has 24 atom stereocenters. The summed E-state index contributed by atoms with van der Waals surface area (Å²) in [6.07, 6.45) is 26.6. The van der Waals surface area contributed by atoms with Gasteiger partial charge in [0.2, 0.25) is 5.78 Å². The number of aromatic nitrogens is 4. The largest absolute Gasteiger partial charge is 0.457 e. The lowest BCUT2D eigenvalue weighted by molar-refractivity contribution is -0.139. The van der Waals surface area contributed by atoms with Crippen LogP contribution in [0.15, 0.2) is 134 Å². The van der Waals surface area contributed by atoms with Crippen molar-refractivity contribution in [3.8, 4) is 0 Å². The van der Waals surface area contributed by atoms with Gasteiger partial charge in [0.15, 0.2) is 31.5 Å². The van der Waals surface area contributed by atoms with Crippen LogP contribution >= 0.6 is 52.9 Å². The molecule has 770 valence electrons. The molecule has 47 heteroatoms. The molecule has 0 bridgehead atoms. The second kappa shape index (κ2) is 49.7. The monoisotopic (exact) mass is 2060 g/mol. The van der Waals surface area contributed by atoms with Gasteiger partial charge in [-0.15, -0.1) is 90.7 Å². The minimum Gasteiger partial charge on any atom is -0.457 e. The van der Waals surface area contributed by atoms with Crippen LogP contribution < -0.4 is 59.7 Å². The summed E-state index contributed by atoms with van der Waals surface area (Å²) in [4.78, 5) is 119. The number of aliphatic hydroxyl groups excluding tert-OH is 7. The van der Waals surface area contributed by atoms with Crippen molar-refractivity contribution in [1.29, 1.82) is 0 Å². The van der Waals surface area contributed by atoms with Gasteiger partial charge in [0, 0.05) is 118 Å². The van der Waals surface area contributed by atoms with Crippen LogP contribution in [0.4, 0.5) is 18.8 Å². The standard InChI is InChI=1S/C17H25N2O8P.C15H25N2O5P.2C15H25N2O4P.C14H22ClN2O3P.C14H22FN2O3P/c1-9(20)26-8-11(21)10-7-19(17(25)18-15(10)24)16-14(23)13(22)12(27-16)5-6-28(2,3)4;1-16-11(18)6-8-17(15(16)20)14-13(21-2)12(19)10(22-14)7-9-23(3,4)5;1-10-16-12(18)6-8-17(10)15-14(20-2)13(19)11(21-15)7-9-22(3,4)5;1-9-10(8-16-15(19)17-9)13-14(20-2)12(18)11(21-13)6-7-22(3,4)5;2*1-8-9(7-16-14(19)17-8)13-11(15)12(18)10(20-13)5-6-21(2,3)4/h7,12-14,16,22-23H,2,5-6,8H2,1,3-4H3,(H,18,24,25);6,8,10,12-14,19H,3,7,9H2,1-2,4-5H3;6,8,11,13-15,19H,1,3,7,9H2,2,4-5H3,(H,16,18);8,11-14,18H,1,3,6-7H2,2,4-5H3,(H2,16,17,19);2*7,10-13,18H,1-2,5-6H2,3-4H3,(H2,16,17,19)/t12-,13-,14-,16-;10-,12-,13-,14-;11-,13-,14-,15-;11-,12-,13+,14-;2*10-,11-,12-,13+/m111111/s1. The van der Waals surface area contributed by atoms with Crippen molar-refractivity contribution >= 4 is 126 Å². The molecule has 0 aliphatic carbocycles. The van der Waals surface area contributed by atoms with E-state index in [4.69, 9.17) is 54.2 Å². The number of aromatic amines is 1. The molecule has 10 aliphatic rings. The van der Waals surface area contributed by atoms with Gasteiger partial charge in [-0.3, -0.25) is 42.7 Å². The fraction of sp³-hybridized carbons (Fsp3) is 0.600. The fourth-order valence-corrected chi connectivity index (χ4v) is 21.7. The number of nitrogens with one attached hydrogen (secondary N) is 8. The van der Waals surface area contributed by atoms with Gasteiger partial charge < -0.3 is 125 Å². The first kappa shape index (κ1) is 117. The van der Waals surface area contributed by atoms with Crippen LogP contribution in [0.2, 0.25) is 0 Å². The number of carbonyl (C=O) groups excluding carboxylic acids is 6. The Hall–Kier alpha value is -7.12. The molecule has 0 spiro atoms. The number of hydrogen-bond donors (Lipinski definition) is 15. The summed E-state index contributed by atoms with van der Waals surface area (Å²) in [5.41, 5.74) is -0.183. The zero-order chi connectivity index (χ0) is 103. The smallest absolute Gasteiger partial charge is 0.332 e. The molecule has 0 aromatic carbocycles. The van der Waals surface area contributed by atoms with Crippen molar-refractivity contribution in [2.24, 2.45) is 7.05 Å². The van der Waals surface area contributed by atoms with Crippen LogP contribution in [0.3, 0.4) is 0 Å². The molecule has 137 heavy (non-hydrogen) atoms. The Morgan fingerprint density at radius 3 is 1.26 bits per heavy atom. The van der Waals surface area contributed by atoms with E-state index in [0.29, 0.717) is 65.1 Å². The van der Waals surface area contributed by atoms with Gasteiger partial charge in [0.05, 0.1) is 48.1 Å². The van der Waals surface area contributed by atoms with E-state index in [2.05, 4.69) is 173 Å². The Labute approximate surface area is 805 Å². The Kier molecular flexibility index (Phi) is 42.4. The number of amides is 7. The third kappa shape index (κ3) is 33.5. The Bertz CT molecular complexity index is 5340. The number of hydrogen-bond acceptors (Lipinski definition) is 28. The third-order valence-corrected chi connectivity index (χ3v) is 32.7. The summed E-state index contributed by atoms with van der Waals surface area (Å²) in [7, 11) is 5.96. The first-order valence-corrected chi connectivity index (χ1v) is 62.9. The first-order valence-electron chi connectivity index (χ1n) is 44.2. The Morgan fingerprint density at radius 2 is 0.839 bits per heavy atom. The van der Waals surface area contributed by atoms with E-state index in [0.717, 1.165) is 72.3 Å². The maximum atomic E-state index is 14.3. The number of halogens is 2. The van der Waals surface area contributed by atoms with E-state index in [-0.39, 0.29) is 41.8 Å². The number of methoxy groups -OCH3 is 3. The summed E-state index contributed by atoms with van der Waals surface area (Å²) >= 11 is 6.30. The summed E-state index contributed by atoms with van der Waals surface area (Å²) < 4.78 is 73.4. The molecule has 12 rings (SSSR count). The first-order chi connectivity index (χ1) is 63.4. The summed E-state index contributed by atoms with van der Waals surface area (Å²) in [5, 5.41) is 89.5. The molecule has 0 unspecified atom stereocenters. The van der Waals surface area contributed by atoms with Crippen LogP contribution in [-0.4, -0.2) is 412 Å². The molecule has 6 fully saturated rings. The number of Topliss-reactive ketones (excluding diaryl/α,β-unsaturated/α-hetero) is 1. The van der Waals surface area contributed by atoms with E-state index >= 15 is 0 Å². The minimum absolute atomic E-state index is 0.228. The van der Waals surface area contributed by atoms with E-state index in [1.807, 2.05) is 18.3 Å². The molecular formula is C90H144ClFN12O27P6. The van der Waals surface area contributed by atoms with Gasteiger partial charge in [-0.05, 0) is 155 Å². The van der Waals surface area contributed by atoms with Gasteiger partial charge in [-0.25, -0.2) is 28.4 Å². The van der Waals surface area contributed by atoms with Crippen molar-refractivity contribution in [2.45, 2.75) is 192 Å². The maximum Gasteiger partial charge on any atom is 0.332 e. The molecule has 0 saturated carbocycles. The number of rotatable bonds is 30. The van der Waals surface area contributed by atoms with Gasteiger partial charge in [-0.2, -0.15) is 0 Å². The highest BCUT2D eigenvalue weighted by molar-refractivity contribution is 7.73. The zero-order valence-electron chi connectivity index (χ0n) is 81.3. The van der Waals surface area contributed by atoms with Crippen molar-refractivity contribution in [2.75, 3.05) is 145 Å². The second-order valence-electron chi connectivity index (χ2n) is 39.1. The number of nitrogens with zero attached hydrogens (tertiary/aromatic N) is 4. The topological polar surface area (TPSA) is 523 Å². The lowest BCUT2D eigenvalue weighted by Crippen LogP contribution is -2.47. The molecule has 15 N–H and O–H groups in total. The lowest BCUT2D eigenvalue weighted by Gasteiger charge is -2.33. The van der Waals surface area contributed by atoms with Gasteiger partial charge in [0.25, 0.3) is 17.0 Å². The predicted molar refractivity (Wildman–Crippen MR) is 547 cm³/mol. The highest BCUT2D eigenvalue weighted by Gasteiger charge is 2.52. The number of carbonyl (C=O) groups is 6. The number of aliphatic hydroxyl groups is 7. The molecular weight excluding hydrogens is 1920 g/mol. The molecule has 2 aromatic rings. The van der Waals surface area contributed by atoms with E-state index in [1.165, 1.54) is 49.5 Å².